The molecule has 0 amide bonds. The van der Waals surface area contributed by atoms with Crippen LogP contribution in [0.4, 0.5) is 17.2 Å². The standard InChI is InChI=1S/C7H10N2.C6H8N2.2CH4/c1-9-7-5-3-2-4-6(7)8;1-7-6-4-2-3-5-8-6;;/h2-5,9H,8H2,1H3;2-5H,1H3,(H,7,8);2*1H4. The normalized spacial score (nSPS) is 7.89. The van der Waals surface area contributed by atoms with Crippen LogP contribution in [0.5, 0.6) is 0 Å². The third-order valence-corrected chi connectivity index (χ3v) is 2.15. The van der Waals surface area contributed by atoms with E-state index in [-0.39, 0.29) is 14.9 Å². The average molecular weight is 262 g/mol. The third-order valence-electron chi connectivity index (χ3n) is 2.15. The van der Waals surface area contributed by atoms with Gasteiger partial charge in [0.05, 0.1) is 11.4 Å². The summed E-state index contributed by atoms with van der Waals surface area (Å²) in [5.74, 6) is 0.910. The van der Waals surface area contributed by atoms with Gasteiger partial charge in [0.15, 0.2) is 0 Å². The largest absolute Gasteiger partial charge is 0.397 e. The highest BCUT2D eigenvalue weighted by molar-refractivity contribution is 5.65. The number of para-hydroxylation sites is 2. The predicted molar refractivity (Wildman–Crippen MR) is 87.6 cm³/mol. The Hall–Kier alpha value is -2.23. The van der Waals surface area contributed by atoms with Crippen LogP contribution in [0.3, 0.4) is 0 Å². The van der Waals surface area contributed by atoms with Crippen LogP contribution >= 0.6 is 0 Å². The molecule has 0 spiro atoms. The van der Waals surface area contributed by atoms with Crippen LogP contribution in [0, 0.1) is 0 Å². The van der Waals surface area contributed by atoms with E-state index in [1.54, 1.807) is 6.20 Å². The summed E-state index contributed by atoms with van der Waals surface area (Å²) in [4.78, 5) is 3.99. The molecule has 0 bridgehead atoms. The number of aromatic nitrogens is 1. The molecule has 0 saturated heterocycles. The number of nitrogens with one attached hydrogen (secondary N) is 2. The van der Waals surface area contributed by atoms with E-state index in [2.05, 4.69) is 15.6 Å². The molecule has 0 radical (unpaired) electrons. The molecule has 0 aliphatic carbocycles. The van der Waals surface area contributed by atoms with E-state index in [9.17, 15) is 0 Å². The Bertz CT molecular complexity index is 429. The molecular formula is C15H26N4. The average Bonchev–Trinajstić information content (AvgIpc) is 2.41. The minimum atomic E-state index is 0. The molecule has 4 nitrogen and oxygen atoms in total. The summed E-state index contributed by atoms with van der Waals surface area (Å²) in [6, 6.07) is 13.4. The van der Waals surface area contributed by atoms with Crippen molar-refractivity contribution in [1.29, 1.82) is 0 Å². The van der Waals surface area contributed by atoms with Crippen LogP contribution in [0.25, 0.3) is 0 Å². The summed E-state index contributed by atoms with van der Waals surface area (Å²) in [6.07, 6.45) is 1.76. The number of hydrogen-bond donors (Lipinski definition) is 3. The number of nitrogen functional groups attached to an aromatic ring is 1. The van der Waals surface area contributed by atoms with E-state index in [0.717, 1.165) is 17.2 Å². The first-order chi connectivity index (χ1) is 8.27. The van der Waals surface area contributed by atoms with Crippen molar-refractivity contribution in [2.24, 2.45) is 0 Å². The molecular weight excluding hydrogens is 236 g/mol. The number of anilines is 3. The number of pyridine rings is 1. The fourth-order valence-electron chi connectivity index (χ4n) is 1.24. The van der Waals surface area contributed by atoms with Gasteiger partial charge in [0.2, 0.25) is 0 Å². The molecule has 0 unspecified atom stereocenters. The molecule has 4 heteroatoms. The van der Waals surface area contributed by atoms with Crippen molar-refractivity contribution in [2.45, 2.75) is 14.9 Å². The first-order valence-electron chi connectivity index (χ1n) is 5.39. The molecule has 0 aliphatic rings. The molecule has 19 heavy (non-hydrogen) atoms. The van der Waals surface area contributed by atoms with E-state index < -0.39 is 0 Å². The lowest BCUT2D eigenvalue weighted by molar-refractivity contribution is 1.29. The van der Waals surface area contributed by atoms with Gasteiger partial charge >= 0.3 is 0 Å². The molecule has 1 aromatic heterocycles. The Morgan fingerprint density at radius 2 is 1.53 bits per heavy atom. The molecule has 1 heterocycles. The zero-order valence-electron chi connectivity index (χ0n) is 10.1. The highest BCUT2D eigenvalue weighted by Crippen LogP contribution is 2.14. The first-order valence-corrected chi connectivity index (χ1v) is 5.39. The van der Waals surface area contributed by atoms with Crippen molar-refractivity contribution in [2.75, 3.05) is 30.5 Å². The summed E-state index contributed by atoms with van der Waals surface area (Å²) < 4.78 is 0. The molecule has 0 saturated carbocycles. The van der Waals surface area contributed by atoms with Gasteiger partial charge in [-0.1, -0.05) is 33.1 Å². The predicted octanol–water partition coefficient (Wildman–Crippen LogP) is 3.71. The maximum Gasteiger partial charge on any atom is 0.125 e. The van der Waals surface area contributed by atoms with E-state index in [0.29, 0.717) is 0 Å². The fraction of sp³-hybridized carbons (Fsp3) is 0.267. The second-order valence-electron chi connectivity index (χ2n) is 3.30. The highest BCUT2D eigenvalue weighted by Gasteiger charge is 1.89. The van der Waals surface area contributed by atoms with Gasteiger partial charge in [-0.3, -0.25) is 0 Å². The van der Waals surface area contributed by atoms with Crippen LogP contribution in [0.15, 0.2) is 48.7 Å². The lowest BCUT2D eigenvalue weighted by atomic mass is 10.3. The van der Waals surface area contributed by atoms with Crippen LogP contribution in [-0.2, 0) is 0 Å². The summed E-state index contributed by atoms with van der Waals surface area (Å²) in [5.41, 5.74) is 7.34. The van der Waals surface area contributed by atoms with E-state index in [1.165, 1.54) is 0 Å². The van der Waals surface area contributed by atoms with E-state index >= 15 is 0 Å². The molecule has 2 rings (SSSR count). The third kappa shape index (κ3) is 6.93. The lowest BCUT2D eigenvalue weighted by Crippen LogP contribution is -1.93. The van der Waals surface area contributed by atoms with Crippen molar-refractivity contribution >= 4 is 17.2 Å². The molecule has 0 atom stereocenters. The zero-order chi connectivity index (χ0) is 12.5. The summed E-state index contributed by atoms with van der Waals surface area (Å²) in [6.45, 7) is 0. The number of hydrogen-bond acceptors (Lipinski definition) is 4. The second kappa shape index (κ2) is 10.9. The Labute approximate surface area is 117 Å². The van der Waals surface area contributed by atoms with Gasteiger partial charge in [0.1, 0.15) is 5.82 Å². The maximum atomic E-state index is 5.57. The van der Waals surface area contributed by atoms with E-state index in [4.69, 9.17) is 5.73 Å². The van der Waals surface area contributed by atoms with Crippen LogP contribution in [0.1, 0.15) is 14.9 Å². The molecule has 4 N–H and O–H groups in total. The van der Waals surface area contributed by atoms with E-state index in [1.807, 2.05) is 56.6 Å². The van der Waals surface area contributed by atoms with Crippen LogP contribution < -0.4 is 16.4 Å². The minimum absolute atomic E-state index is 0. The van der Waals surface area contributed by atoms with Gasteiger partial charge in [-0.15, -0.1) is 0 Å². The van der Waals surface area contributed by atoms with Crippen LogP contribution in [0.2, 0.25) is 0 Å². The summed E-state index contributed by atoms with van der Waals surface area (Å²) in [7, 11) is 3.70. The van der Waals surface area contributed by atoms with Crippen molar-refractivity contribution in [3.63, 3.8) is 0 Å². The monoisotopic (exact) mass is 262 g/mol. The zero-order valence-corrected chi connectivity index (χ0v) is 10.1. The Kier molecular flexibility index (Phi) is 11.0. The lowest BCUT2D eigenvalue weighted by Gasteiger charge is -2.01. The van der Waals surface area contributed by atoms with Gasteiger partial charge in [-0.25, -0.2) is 4.98 Å². The van der Waals surface area contributed by atoms with Gasteiger partial charge in [0.25, 0.3) is 0 Å². The Morgan fingerprint density at radius 1 is 0.895 bits per heavy atom. The molecule has 0 aliphatic heterocycles. The number of nitrogens with two attached hydrogens (primary N) is 1. The Balaban J connectivity index is 0. The maximum absolute atomic E-state index is 5.57. The quantitative estimate of drug-likeness (QED) is 0.722. The minimum Gasteiger partial charge on any atom is -0.397 e. The summed E-state index contributed by atoms with van der Waals surface area (Å²) >= 11 is 0. The van der Waals surface area contributed by atoms with Gasteiger partial charge in [0, 0.05) is 20.3 Å². The smallest absolute Gasteiger partial charge is 0.125 e. The van der Waals surface area contributed by atoms with Gasteiger partial charge in [-0.05, 0) is 24.3 Å². The van der Waals surface area contributed by atoms with Crippen molar-refractivity contribution in [3.8, 4) is 0 Å². The van der Waals surface area contributed by atoms with Crippen molar-refractivity contribution < 1.29 is 0 Å². The number of nitrogens with zero attached hydrogens (tertiary/aromatic N) is 1. The first kappa shape index (κ1) is 19.1. The van der Waals surface area contributed by atoms with Gasteiger partial charge < -0.3 is 16.4 Å². The van der Waals surface area contributed by atoms with Crippen molar-refractivity contribution in [1.82, 2.24) is 4.98 Å². The molecule has 1 aromatic carbocycles. The number of rotatable bonds is 2. The van der Waals surface area contributed by atoms with Crippen LogP contribution in [-0.4, -0.2) is 19.1 Å². The topological polar surface area (TPSA) is 63.0 Å². The molecule has 0 fully saturated rings. The molecule has 106 valence electrons. The highest BCUT2D eigenvalue weighted by atomic mass is 14.9. The number of benzene rings is 1. The fourth-order valence-corrected chi connectivity index (χ4v) is 1.24. The SMILES string of the molecule is C.C.CNc1ccccc1N.CNc1ccccn1. The summed E-state index contributed by atoms with van der Waals surface area (Å²) in [5, 5.41) is 5.89. The van der Waals surface area contributed by atoms with Gasteiger partial charge in [-0.2, -0.15) is 0 Å². The van der Waals surface area contributed by atoms with Crippen molar-refractivity contribution in [3.05, 3.63) is 48.7 Å². The Morgan fingerprint density at radius 3 is 1.89 bits per heavy atom. The molecule has 2 aromatic rings. The second-order valence-corrected chi connectivity index (χ2v) is 3.30.